The Morgan fingerprint density at radius 1 is 1.39 bits per heavy atom. The smallest absolute Gasteiger partial charge is 0.340 e. The zero-order valence-electron chi connectivity index (χ0n) is 10.1. The zero-order chi connectivity index (χ0) is 13.0. The van der Waals surface area contributed by atoms with E-state index in [-0.39, 0.29) is 5.69 Å². The van der Waals surface area contributed by atoms with Gasteiger partial charge in [-0.05, 0) is 19.1 Å². The van der Waals surface area contributed by atoms with E-state index in [0.717, 1.165) is 5.69 Å². The molecule has 0 radical (unpaired) electrons. The van der Waals surface area contributed by atoms with Gasteiger partial charge in [0, 0.05) is 18.7 Å². The Kier molecular flexibility index (Phi) is 3.78. The Morgan fingerprint density at radius 3 is 2.72 bits per heavy atom. The number of aryl methyl sites for hydroxylation is 1. The first-order valence-corrected chi connectivity index (χ1v) is 5.75. The van der Waals surface area contributed by atoms with Gasteiger partial charge in [-0.1, -0.05) is 17.7 Å². The molecule has 6 nitrogen and oxygen atoms in total. The lowest BCUT2D eigenvalue weighted by Gasteiger charge is -2.11. The van der Waals surface area contributed by atoms with Crippen molar-refractivity contribution in [3.63, 3.8) is 0 Å². The topological polar surface area (TPSA) is 93.8 Å². The Labute approximate surface area is 104 Å². The molecule has 0 aliphatic rings. The summed E-state index contributed by atoms with van der Waals surface area (Å²) in [5.74, 6) is 0.457. The van der Waals surface area contributed by atoms with Gasteiger partial charge in [0.05, 0.1) is 6.10 Å². The van der Waals surface area contributed by atoms with Gasteiger partial charge in [0.15, 0.2) is 0 Å². The van der Waals surface area contributed by atoms with E-state index in [4.69, 9.17) is 0 Å². The molecule has 0 saturated carbocycles. The quantitative estimate of drug-likeness (QED) is 0.617. The summed E-state index contributed by atoms with van der Waals surface area (Å²) in [6.07, 6.45) is -0.303. The van der Waals surface area contributed by atoms with Crippen molar-refractivity contribution in [2.75, 3.05) is 11.9 Å². The van der Waals surface area contributed by atoms with E-state index < -0.39 is 6.10 Å². The lowest BCUT2D eigenvalue weighted by Crippen LogP contribution is -2.22. The van der Waals surface area contributed by atoms with Gasteiger partial charge in [-0.3, -0.25) is 4.98 Å². The fourth-order valence-corrected chi connectivity index (χ4v) is 1.60. The summed E-state index contributed by atoms with van der Waals surface area (Å²) in [6, 6.07) is 7.91. The van der Waals surface area contributed by atoms with Gasteiger partial charge in [0.2, 0.25) is 0 Å². The van der Waals surface area contributed by atoms with Crippen molar-refractivity contribution in [1.82, 2.24) is 15.2 Å². The van der Waals surface area contributed by atoms with Crippen molar-refractivity contribution in [1.29, 1.82) is 0 Å². The second-order valence-corrected chi connectivity index (χ2v) is 4.23. The molecule has 1 aromatic carbocycles. The largest absolute Gasteiger partial charge is 0.391 e. The SMILES string of the molecule is Cc1ccc(NCC(O)Cc2n[nH]c(=O)[nH]2)cc1. The van der Waals surface area contributed by atoms with Crippen molar-refractivity contribution in [3.05, 3.63) is 46.1 Å². The van der Waals surface area contributed by atoms with Gasteiger partial charge < -0.3 is 10.4 Å². The molecule has 4 N–H and O–H groups in total. The standard InChI is InChI=1S/C12H16N4O2/c1-8-2-4-9(5-3-8)13-7-10(17)6-11-14-12(18)16-15-11/h2-5,10,13,17H,6-7H2,1H3,(H2,14,15,16,18). The number of hydrogen-bond donors (Lipinski definition) is 4. The lowest BCUT2D eigenvalue weighted by molar-refractivity contribution is 0.185. The van der Waals surface area contributed by atoms with Crippen LogP contribution in [0, 0.1) is 6.92 Å². The summed E-state index contributed by atoms with van der Waals surface area (Å²) < 4.78 is 0. The summed E-state index contributed by atoms with van der Waals surface area (Å²) >= 11 is 0. The van der Waals surface area contributed by atoms with Crippen LogP contribution in [0.1, 0.15) is 11.4 Å². The van der Waals surface area contributed by atoms with Crippen LogP contribution in [-0.4, -0.2) is 32.9 Å². The van der Waals surface area contributed by atoms with Gasteiger partial charge in [-0.2, -0.15) is 5.10 Å². The highest BCUT2D eigenvalue weighted by Gasteiger charge is 2.08. The molecule has 1 heterocycles. The van der Waals surface area contributed by atoms with Crippen LogP contribution in [0.5, 0.6) is 0 Å². The van der Waals surface area contributed by atoms with Gasteiger partial charge in [-0.15, -0.1) is 0 Å². The van der Waals surface area contributed by atoms with Crippen LogP contribution in [0.25, 0.3) is 0 Å². The number of hydrogen-bond acceptors (Lipinski definition) is 4. The molecule has 18 heavy (non-hydrogen) atoms. The number of benzene rings is 1. The number of anilines is 1. The van der Waals surface area contributed by atoms with Crippen molar-refractivity contribution in [2.45, 2.75) is 19.4 Å². The lowest BCUT2D eigenvalue weighted by atomic mass is 10.2. The Morgan fingerprint density at radius 2 is 2.11 bits per heavy atom. The monoisotopic (exact) mass is 248 g/mol. The van der Waals surface area contributed by atoms with Gasteiger partial charge >= 0.3 is 5.69 Å². The number of rotatable bonds is 5. The van der Waals surface area contributed by atoms with E-state index in [2.05, 4.69) is 20.5 Å². The van der Waals surface area contributed by atoms with Crippen LogP contribution in [-0.2, 0) is 6.42 Å². The maximum absolute atomic E-state index is 10.8. The number of aliphatic hydroxyl groups is 1. The van der Waals surface area contributed by atoms with Crippen molar-refractivity contribution in [3.8, 4) is 0 Å². The number of aromatic amines is 2. The average Bonchev–Trinajstić information content (AvgIpc) is 2.74. The van der Waals surface area contributed by atoms with E-state index in [1.54, 1.807) is 0 Å². The first kappa shape index (κ1) is 12.4. The molecular formula is C12H16N4O2. The van der Waals surface area contributed by atoms with E-state index in [1.807, 2.05) is 31.2 Å². The van der Waals surface area contributed by atoms with E-state index in [9.17, 15) is 9.90 Å². The van der Waals surface area contributed by atoms with Gasteiger partial charge in [0.1, 0.15) is 5.82 Å². The molecule has 2 aromatic rings. The van der Waals surface area contributed by atoms with E-state index >= 15 is 0 Å². The third-order valence-corrected chi connectivity index (χ3v) is 2.57. The van der Waals surface area contributed by atoms with Crippen LogP contribution < -0.4 is 11.0 Å². The summed E-state index contributed by atoms with van der Waals surface area (Å²) in [5.41, 5.74) is 1.79. The summed E-state index contributed by atoms with van der Waals surface area (Å²) in [6.45, 7) is 2.42. The second kappa shape index (κ2) is 5.50. The Balaban J connectivity index is 1.83. The van der Waals surface area contributed by atoms with Crippen LogP contribution in [0.4, 0.5) is 5.69 Å². The highest BCUT2D eigenvalue weighted by molar-refractivity contribution is 5.44. The van der Waals surface area contributed by atoms with E-state index in [0.29, 0.717) is 18.8 Å². The number of nitrogens with one attached hydrogen (secondary N) is 3. The molecule has 0 aliphatic heterocycles. The minimum atomic E-state index is -0.606. The molecule has 6 heteroatoms. The molecular weight excluding hydrogens is 232 g/mol. The predicted octanol–water partition coefficient (Wildman–Crippen LogP) is 0.422. The molecule has 2 rings (SSSR count). The van der Waals surface area contributed by atoms with Crippen molar-refractivity contribution >= 4 is 5.69 Å². The molecule has 0 fully saturated rings. The van der Waals surface area contributed by atoms with Gasteiger partial charge in [-0.25, -0.2) is 9.89 Å². The number of nitrogens with zero attached hydrogens (tertiary/aromatic N) is 1. The molecule has 0 amide bonds. The summed E-state index contributed by atoms with van der Waals surface area (Å²) in [5, 5.41) is 18.9. The predicted molar refractivity (Wildman–Crippen MR) is 68.6 cm³/mol. The summed E-state index contributed by atoms with van der Waals surface area (Å²) in [4.78, 5) is 13.3. The summed E-state index contributed by atoms with van der Waals surface area (Å²) in [7, 11) is 0. The maximum Gasteiger partial charge on any atom is 0.340 e. The average molecular weight is 248 g/mol. The molecule has 96 valence electrons. The van der Waals surface area contributed by atoms with Gasteiger partial charge in [0.25, 0.3) is 0 Å². The first-order chi connectivity index (χ1) is 8.63. The Bertz CT molecular complexity index is 544. The third kappa shape index (κ3) is 3.46. The minimum Gasteiger partial charge on any atom is -0.391 e. The van der Waals surface area contributed by atoms with Crippen LogP contribution >= 0.6 is 0 Å². The van der Waals surface area contributed by atoms with Crippen LogP contribution in [0.3, 0.4) is 0 Å². The highest BCUT2D eigenvalue weighted by atomic mass is 16.3. The molecule has 0 spiro atoms. The maximum atomic E-state index is 10.8. The van der Waals surface area contributed by atoms with E-state index in [1.165, 1.54) is 5.56 Å². The fraction of sp³-hybridized carbons (Fsp3) is 0.333. The second-order valence-electron chi connectivity index (χ2n) is 4.23. The number of aliphatic hydroxyl groups excluding tert-OH is 1. The normalized spacial score (nSPS) is 12.3. The minimum absolute atomic E-state index is 0.303. The first-order valence-electron chi connectivity index (χ1n) is 5.75. The molecule has 1 unspecified atom stereocenters. The molecule has 0 aliphatic carbocycles. The molecule has 0 bridgehead atoms. The Hall–Kier alpha value is -2.08. The van der Waals surface area contributed by atoms with Crippen LogP contribution in [0.2, 0.25) is 0 Å². The number of aromatic nitrogens is 3. The number of H-pyrrole nitrogens is 2. The fourth-order valence-electron chi connectivity index (χ4n) is 1.60. The zero-order valence-corrected chi connectivity index (χ0v) is 10.1. The van der Waals surface area contributed by atoms with Crippen molar-refractivity contribution in [2.24, 2.45) is 0 Å². The molecule has 0 saturated heterocycles. The highest BCUT2D eigenvalue weighted by Crippen LogP contribution is 2.08. The molecule has 1 atom stereocenters. The van der Waals surface area contributed by atoms with Crippen molar-refractivity contribution < 1.29 is 5.11 Å². The van der Waals surface area contributed by atoms with Crippen LogP contribution in [0.15, 0.2) is 29.1 Å². The molecule has 1 aromatic heterocycles. The third-order valence-electron chi connectivity index (χ3n) is 2.57.